The molecule has 0 aromatic heterocycles. The average molecular weight is 241 g/mol. The molecular formula is C11H15NO3S. The number of nitro groups is 1. The van der Waals surface area contributed by atoms with E-state index in [0.717, 1.165) is 4.90 Å². The Morgan fingerprint density at radius 1 is 1.44 bits per heavy atom. The summed E-state index contributed by atoms with van der Waals surface area (Å²) in [5.41, 5.74) is 0.333. The molecule has 1 rings (SSSR count). The highest BCUT2D eigenvalue weighted by molar-refractivity contribution is 8.00. The van der Waals surface area contributed by atoms with Gasteiger partial charge in [0.1, 0.15) is 0 Å². The van der Waals surface area contributed by atoms with E-state index in [0.29, 0.717) is 5.56 Å². The number of benzene rings is 1. The topological polar surface area (TPSA) is 63.4 Å². The third-order valence-corrected chi connectivity index (χ3v) is 2.94. The molecule has 0 saturated heterocycles. The Morgan fingerprint density at radius 2 is 2.06 bits per heavy atom. The van der Waals surface area contributed by atoms with Crippen LogP contribution in [0, 0.1) is 10.1 Å². The maximum Gasteiger partial charge on any atom is 0.274 e. The monoisotopic (exact) mass is 241 g/mol. The number of nitro benzene ring substituents is 1. The number of aliphatic hydroxyl groups is 1. The van der Waals surface area contributed by atoms with Crippen molar-refractivity contribution in [1.29, 1.82) is 0 Å². The molecule has 0 amide bonds. The zero-order valence-electron chi connectivity index (χ0n) is 9.56. The smallest absolute Gasteiger partial charge is 0.274 e. The van der Waals surface area contributed by atoms with Crippen LogP contribution in [0.3, 0.4) is 0 Å². The molecule has 1 aromatic rings. The minimum absolute atomic E-state index is 0.0271. The minimum Gasteiger partial charge on any atom is -0.391 e. The fraction of sp³-hybridized carbons (Fsp3) is 0.455. The zero-order chi connectivity index (χ0) is 12.3. The highest BCUT2D eigenvalue weighted by Gasteiger charge is 2.17. The van der Waals surface area contributed by atoms with Crippen molar-refractivity contribution < 1.29 is 10.0 Å². The summed E-state index contributed by atoms with van der Waals surface area (Å²) in [6, 6.07) is 4.83. The van der Waals surface area contributed by atoms with Gasteiger partial charge in [-0.2, -0.15) is 0 Å². The van der Waals surface area contributed by atoms with Crippen molar-refractivity contribution in [3.63, 3.8) is 0 Å². The third kappa shape index (κ3) is 3.50. The largest absolute Gasteiger partial charge is 0.391 e. The van der Waals surface area contributed by atoms with Crippen molar-refractivity contribution in [2.75, 3.05) is 0 Å². The van der Waals surface area contributed by atoms with Crippen molar-refractivity contribution in [3.05, 3.63) is 33.9 Å². The van der Waals surface area contributed by atoms with Crippen LogP contribution in [0.5, 0.6) is 0 Å². The molecular weight excluding hydrogens is 226 g/mol. The first-order valence-electron chi connectivity index (χ1n) is 4.90. The molecule has 0 bridgehead atoms. The van der Waals surface area contributed by atoms with Gasteiger partial charge in [-0.15, -0.1) is 11.8 Å². The molecule has 16 heavy (non-hydrogen) atoms. The van der Waals surface area contributed by atoms with E-state index in [1.54, 1.807) is 23.9 Å². The maximum absolute atomic E-state index is 10.7. The Kier molecular flexibility index (Phi) is 3.93. The van der Waals surface area contributed by atoms with Crippen LogP contribution in [0.1, 0.15) is 26.3 Å². The lowest BCUT2D eigenvalue weighted by molar-refractivity contribution is -0.385. The molecule has 0 saturated carbocycles. The van der Waals surface area contributed by atoms with E-state index >= 15 is 0 Å². The van der Waals surface area contributed by atoms with Crippen molar-refractivity contribution >= 4 is 17.4 Å². The van der Waals surface area contributed by atoms with Gasteiger partial charge in [-0.05, 0) is 12.1 Å². The molecule has 0 aliphatic heterocycles. The second-order valence-corrected chi connectivity index (χ2v) is 6.32. The summed E-state index contributed by atoms with van der Waals surface area (Å²) >= 11 is 1.62. The van der Waals surface area contributed by atoms with Crippen LogP contribution in [0.25, 0.3) is 0 Å². The lowest BCUT2D eigenvalue weighted by Gasteiger charge is -2.17. The Bertz CT molecular complexity index is 399. The van der Waals surface area contributed by atoms with Crippen LogP contribution in [-0.4, -0.2) is 14.8 Å². The van der Waals surface area contributed by atoms with E-state index < -0.39 is 4.92 Å². The average Bonchev–Trinajstić information content (AvgIpc) is 2.14. The highest BCUT2D eigenvalue weighted by atomic mass is 32.2. The van der Waals surface area contributed by atoms with E-state index in [1.165, 1.54) is 6.07 Å². The van der Waals surface area contributed by atoms with Crippen molar-refractivity contribution in [1.82, 2.24) is 0 Å². The number of hydrogen-bond donors (Lipinski definition) is 1. The minimum atomic E-state index is -0.475. The fourth-order valence-corrected chi connectivity index (χ4v) is 2.33. The lowest BCUT2D eigenvalue weighted by atomic mass is 10.2. The lowest BCUT2D eigenvalue weighted by Crippen LogP contribution is -2.06. The Hall–Kier alpha value is -1.07. The van der Waals surface area contributed by atoms with Crippen LogP contribution in [0.2, 0.25) is 0 Å². The van der Waals surface area contributed by atoms with Gasteiger partial charge in [0, 0.05) is 15.7 Å². The summed E-state index contributed by atoms with van der Waals surface area (Å²) in [6.45, 7) is 5.89. The van der Waals surface area contributed by atoms with Crippen LogP contribution < -0.4 is 0 Å². The van der Waals surface area contributed by atoms with Crippen LogP contribution >= 0.6 is 11.8 Å². The normalized spacial score (nSPS) is 11.5. The van der Waals surface area contributed by atoms with E-state index in [9.17, 15) is 10.1 Å². The first kappa shape index (κ1) is 13.0. The van der Waals surface area contributed by atoms with E-state index in [-0.39, 0.29) is 17.0 Å². The number of hydrogen-bond acceptors (Lipinski definition) is 4. The summed E-state index contributed by atoms with van der Waals surface area (Å²) in [4.78, 5) is 11.1. The van der Waals surface area contributed by atoms with Gasteiger partial charge in [0.2, 0.25) is 0 Å². The van der Waals surface area contributed by atoms with E-state index in [4.69, 9.17) is 5.11 Å². The standard InChI is InChI=1S/C11H15NO3S/c1-11(2,3)16-9-4-5-10(12(14)15)8(6-9)7-13/h4-6,13H,7H2,1-3H3. The van der Waals surface area contributed by atoms with Gasteiger partial charge >= 0.3 is 0 Å². The van der Waals surface area contributed by atoms with Crippen molar-refractivity contribution in [3.8, 4) is 0 Å². The highest BCUT2D eigenvalue weighted by Crippen LogP contribution is 2.34. The van der Waals surface area contributed by atoms with Gasteiger partial charge in [-0.25, -0.2) is 0 Å². The molecule has 0 radical (unpaired) electrons. The van der Waals surface area contributed by atoms with Crippen LogP contribution in [0.4, 0.5) is 5.69 Å². The van der Waals surface area contributed by atoms with E-state index in [2.05, 4.69) is 20.8 Å². The van der Waals surface area contributed by atoms with Crippen molar-refractivity contribution in [2.45, 2.75) is 37.0 Å². The molecule has 0 atom stereocenters. The molecule has 0 unspecified atom stereocenters. The summed E-state index contributed by atoms with van der Waals surface area (Å²) < 4.78 is 0.0445. The number of thioether (sulfide) groups is 1. The number of nitrogens with zero attached hydrogens (tertiary/aromatic N) is 1. The SMILES string of the molecule is CC(C)(C)Sc1ccc([N+](=O)[O-])c(CO)c1. The van der Waals surface area contributed by atoms with Gasteiger partial charge in [-0.3, -0.25) is 10.1 Å². The molecule has 5 heteroatoms. The molecule has 4 nitrogen and oxygen atoms in total. The summed E-state index contributed by atoms with van der Waals surface area (Å²) in [5, 5.41) is 19.7. The van der Waals surface area contributed by atoms with Crippen LogP contribution in [-0.2, 0) is 6.61 Å². The molecule has 1 N–H and O–H groups in total. The molecule has 0 heterocycles. The first-order chi connectivity index (χ1) is 7.33. The molecule has 1 aromatic carbocycles. The first-order valence-corrected chi connectivity index (χ1v) is 5.72. The third-order valence-electron chi connectivity index (χ3n) is 1.84. The van der Waals surface area contributed by atoms with Gasteiger partial charge in [-0.1, -0.05) is 20.8 Å². The van der Waals surface area contributed by atoms with Crippen molar-refractivity contribution in [2.24, 2.45) is 0 Å². The maximum atomic E-state index is 10.7. The van der Waals surface area contributed by atoms with Gasteiger partial charge in [0.15, 0.2) is 0 Å². The molecule has 0 fully saturated rings. The predicted octanol–water partition coefficient (Wildman–Crippen LogP) is 2.98. The number of aliphatic hydroxyl groups excluding tert-OH is 1. The predicted molar refractivity (Wildman–Crippen MR) is 64.6 cm³/mol. The second-order valence-electron chi connectivity index (χ2n) is 4.42. The molecule has 0 aliphatic carbocycles. The fourth-order valence-electron chi connectivity index (χ4n) is 1.28. The molecule has 88 valence electrons. The van der Waals surface area contributed by atoms with Gasteiger partial charge in [0.25, 0.3) is 5.69 Å². The summed E-state index contributed by atoms with van der Waals surface area (Å²) in [7, 11) is 0. The quantitative estimate of drug-likeness (QED) is 0.502. The zero-order valence-corrected chi connectivity index (χ0v) is 10.4. The van der Waals surface area contributed by atoms with E-state index in [1.807, 2.05) is 0 Å². The Morgan fingerprint density at radius 3 is 2.50 bits per heavy atom. The van der Waals surface area contributed by atoms with Gasteiger partial charge in [0.05, 0.1) is 17.1 Å². The summed E-state index contributed by atoms with van der Waals surface area (Å²) in [5.74, 6) is 0. The molecule has 0 aliphatic rings. The van der Waals surface area contributed by atoms with Gasteiger partial charge < -0.3 is 5.11 Å². The summed E-state index contributed by atoms with van der Waals surface area (Å²) in [6.07, 6.45) is 0. The van der Waals surface area contributed by atoms with Crippen LogP contribution in [0.15, 0.2) is 23.1 Å². The Labute approximate surface area is 98.8 Å². The Balaban J connectivity index is 3.05. The second kappa shape index (κ2) is 4.84. The number of rotatable bonds is 3. The molecule has 0 spiro atoms.